The van der Waals surface area contributed by atoms with Crippen molar-refractivity contribution in [3.8, 4) is 5.88 Å². The van der Waals surface area contributed by atoms with Gasteiger partial charge < -0.3 is 15.2 Å². The third-order valence-corrected chi connectivity index (χ3v) is 6.03. The lowest BCUT2D eigenvalue weighted by Crippen LogP contribution is -2.26. The van der Waals surface area contributed by atoms with E-state index in [0.717, 1.165) is 41.2 Å². The van der Waals surface area contributed by atoms with Crippen LogP contribution in [0.5, 0.6) is 5.88 Å². The second kappa shape index (κ2) is 6.95. The minimum absolute atomic E-state index is 0.135. The smallest absolute Gasteiger partial charge is 0.232 e. The van der Waals surface area contributed by atoms with Crippen molar-refractivity contribution < 1.29 is 9.47 Å². The number of rotatable bonds is 4. The van der Waals surface area contributed by atoms with Crippen LogP contribution >= 0.6 is 23.1 Å². The Balaban J connectivity index is 1.42. The number of benzene rings is 1. The third-order valence-electron chi connectivity index (χ3n) is 4.25. The number of hydrogen-bond acceptors (Lipinski definition) is 9. The number of thiazole rings is 1. The van der Waals surface area contributed by atoms with Gasteiger partial charge in [-0.1, -0.05) is 11.3 Å². The first-order valence-electron chi connectivity index (χ1n) is 8.55. The standard InChI is InChI=1S/C17H16N6O2S2/c18-16-19-12-2-1-11(9-13(12)27-16)26-17-21-20-14-3-4-15(22-23(14)17)25-10-5-7-24-8-6-10/h1-4,9-10H,5-8H2,(H2,18,19). The lowest BCUT2D eigenvalue weighted by Gasteiger charge is -2.22. The fraction of sp³-hybridized carbons (Fsp3) is 0.294. The summed E-state index contributed by atoms with van der Waals surface area (Å²) in [7, 11) is 0. The second-order valence-corrected chi connectivity index (χ2v) is 8.24. The number of aromatic nitrogens is 5. The molecule has 0 atom stereocenters. The van der Waals surface area contributed by atoms with Crippen LogP contribution in [0.3, 0.4) is 0 Å². The molecule has 0 amide bonds. The number of nitrogen functional groups attached to an aromatic ring is 1. The van der Waals surface area contributed by atoms with Gasteiger partial charge in [0.2, 0.25) is 11.0 Å². The van der Waals surface area contributed by atoms with E-state index >= 15 is 0 Å². The summed E-state index contributed by atoms with van der Waals surface area (Å²) in [5.74, 6) is 0.571. The predicted molar refractivity (Wildman–Crippen MR) is 103 cm³/mol. The van der Waals surface area contributed by atoms with E-state index in [2.05, 4.69) is 26.3 Å². The number of anilines is 1. The van der Waals surface area contributed by atoms with Crippen LogP contribution in [0, 0.1) is 0 Å². The minimum Gasteiger partial charge on any atom is -0.473 e. The summed E-state index contributed by atoms with van der Waals surface area (Å²) in [5, 5.41) is 14.3. The summed E-state index contributed by atoms with van der Waals surface area (Å²) in [5.41, 5.74) is 7.37. The Kier molecular flexibility index (Phi) is 4.30. The molecule has 0 unspecified atom stereocenters. The van der Waals surface area contributed by atoms with Gasteiger partial charge in [0.25, 0.3) is 0 Å². The van der Waals surface area contributed by atoms with Crippen LogP contribution in [0.1, 0.15) is 12.8 Å². The van der Waals surface area contributed by atoms with E-state index < -0.39 is 0 Å². The molecule has 138 valence electrons. The molecule has 0 saturated carbocycles. The first-order valence-corrected chi connectivity index (χ1v) is 10.2. The van der Waals surface area contributed by atoms with Gasteiger partial charge >= 0.3 is 0 Å². The number of hydrogen-bond donors (Lipinski definition) is 1. The van der Waals surface area contributed by atoms with Crippen molar-refractivity contribution in [1.82, 2.24) is 24.8 Å². The van der Waals surface area contributed by atoms with Crippen LogP contribution < -0.4 is 10.5 Å². The Labute approximate surface area is 162 Å². The highest BCUT2D eigenvalue weighted by Gasteiger charge is 2.17. The van der Waals surface area contributed by atoms with Gasteiger partial charge in [0.1, 0.15) is 6.10 Å². The molecule has 0 spiro atoms. The molecular formula is C17H16N6O2S2. The van der Waals surface area contributed by atoms with Crippen LogP contribution in [0.15, 0.2) is 40.4 Å². The first-order chi connectivity index (χ1) is 13.2. The number of nitrogens with zero attached hydrogens (tertiary/aromatic N) is 5. The average molecular weight is 400 g/mol. The van der Waals surface area contributed by atoms with Crippen molar-refractivity contribution in [3.63, 3.8) is 0 Å². The topological polar surface area (TPSA) is 100 Å². The highest BCUT2D eigenvalue weighted by atomic mass is 32.2. The molecule has 1 fully saturated rings. The molecule has 2 N–H and O–H groups in total. The minimum atomic E-state index is 0.135. The molecule has 8 nitrogen and oxygen atoms in total. The maximum absolute atomic E-state index is 6.00. The molecule has 1 saturated heterocycles. The van der Waals surface area contributed by atoms with Crippen molar-refractivity contribution in [2.45, 2.75) is 29.0 Å². The molecule has 1 aliphatic heterocycles. The van der Waals surface area contributed by atoms with E-state index in [9.17, 15) is 0 Å². The molecular weight excluding hydrogens is 384 g/mol. The van der Waals surface area contributed by atoms with Crippen LogP contribution in [0.4, 0.5) is 5.13 Å². The highest BCUT2D eigenvalue weighted by molar-refractivity contribution is 7.99. The summed E-state index contributed by atoms with van der Waals surface area (Å²) in [6.45, 7) is 1.45. The number of nitrogens with two attached hydrogens (primary N) is 1. The van der Waals surface area contributed by atoms with E-state index in [4.69, 9.17) is 15.2 Å². The molecule has 5 rings (SSSR count). The van der Waals surface area contributed by atoms with Gasteiger partial charge in [-0.2, -0.15) is 4.52 Å². The zero-order chi connectivity index (χ0) is 18.2. The third kappa shape index (κ3) is 3.43. The second-order valence-electron chi connectivity index (χ2n) is 6.14. The van der Waals surface area contributed by atoms with Crippen LogP contribution in [-0.4, -0.2) is 44.1 Å². The monoisotopic (exact) mass is 400 g/mol. The van der Waals surface area contributed by atoms with Crippen molar-refractivity contribution in [1.29, 1.82) is 0 Å². The molecule has 0 aliphatic carbocycles. The van der Waals surface area contributed by atoms with Crippen LogP contribution in [-0.2, 0) is 4.74 Å². The lowest BCUT2D eigenvalue weighted by atomic mass is 10.2. The molecule has 1 aromatic carbocycles. The van der Waals surface area contributed by atoms with Crippen LogP contribution in [0.25, 0.3) is 15.9 Å². The van der Waals surface area contributed by atoms with Gasteiger partial charge in [-0.25, -0.2) is 4.98 Å². The van der Waals surface area contributed by atoms with E-state index in [1.165, 1.54) is 23.1 Å². The van der Waals surface area contributed by atoms with Gasteiger partial charge in [0, 0.05) is 23.8 Å². The van der Waals surface area contributed by atoms with E-state index in [-0.39, 0.29) is 6.10 Å². The molecule has 27 heavy (non-hydrogen) atoms. The fourth-order valence-corrected chi connectivity index (χ4v) is 4.61. The van der Waals surface area contributed by atoms with E-state index in [1.807, 2.05) is 24.3 Å². The zero-order valence-electron chi connectivity index (χ0n) is 14.2. The SMILES string of the molecule is Nc1nc2ccc(Sc3nnc4ccc(OC5CCOCC5)nn34)cc2s1. The Hall–Kier alpha value is -2.43. The number of fused-ring (bicyclic) bond motifs is 2. The van der Waals surface area contributed by atoms with Gasteiger partial charge in [-0.05, 0) is 36.0 Å². The average Bonchev–Trinajstić information content (AvgIpc) is 3.25. The molecule has 10 heteroatoms. The Bertz CT molecular complexity index is 1110. The highest BCUT2D eigenvalue weighted by Crippen LogP contribution is 2.32. The van der Waals surface area contributed by atoms with Gasteiger partial charge in [-0.15, -0.1) is 15.3 Å². The summed E-state index contributed by atoms with van der Waals surface area (Å²) < 4.78 is 14.1. The fourth-order valence-electron chi connectivity index (χ4n) is 2.94. The largest absolute Gasteiger partial charge is 0.473 e. The maximum Gasteiger partial charge on any atom is 0.232 e. The summed E-state index contributed by atoms with van der Waals surface area (Å²) in [4.78, 5) is 5.31. The lowest BCUT2D eigenvalue weighted by molar-refractivity contribution is 0.0232. The van der Waals surface area contributed by atoms with Crippen LogP contribution in [0.2, 0.25) is 0 Å². The Morgan fingerprint density at radius 3 is 2.96 bits per heavy atom. The quantitative estimate of drug-likeness (QED) is 0.558. The van der Waals surface area contributed by atoms with Crippen molar-refractivity contribution >= 4 is 44.1 Å². The number of ether oxygens (including phenoxy) is 2. The molecule has 0 radical (unpaired) electrons. The predicted octanol–water partition coefficient (Wildman–Crippen LogP) is 3.03. The molecule has 0 bridgehead atoms. The first kappa shape index (κ1) is 16.7. The van der Waals surface area contributed by atoms with Crippen molar-refractivity contribution in [3.05, 3.63) is 30.3 Å². The summed E-state index contributed by atoms with van der Waals surface area (Å²) in [6, 6.07) is 9.71. The van der Waals surface area contributed by atoms with Gasteiger partial charge in [-0.3, -0.25) is 0 Å². The normalized spacial score (nSPS) is 15.6. The molecule has 1 aliphatic rings. The zero-order valence-corrected chi connectivity index (χ0v) is 15.9. The Morgan fingerprint density at radius 1 is 1.19 bits per heavy atom. The van der Waals surface area contributed by atoms with E-state index in [1.54, 1.807) is 4.52 Å². The summed E-state index contributed by atoms with van der Waals surface area (Å²) in [6.07, 6.45) is 1.89. The van der Waals surface area contributed by atoms with Crippen molar-refractivity contribution in [2.24, 2.45) is 0 Å². The van der Waals surface area contributed by atoms with Crippen molar-refractivity contribution in [2.75, 3.05) is 18.9 Å². The van der Waals surface area contributed by atoms with Gasteiger partial charge in [0.05, 0.1) is 23.4 Å². The Morgan fingerprint density at radius 2 is 2.07 bits per heavy atom. The maximum atomic E-state index is 6.00. The summed E-state index contributed by atoms with van der Waals surface area (Å²) >= 11 is 2.96. The molecule has 3 aromatic heterocycles. The molecule has 4 aromatic rings. The molecule has 4 heterocycles. The van der Waals surface area contributed by atoms with Gasteiger partial charge in [0.15, 0.2) is 10.8 Å². The van der Waals surface area contributed by atoms with E-state index in [0.29, 0.717) is 21.8 Å².